The molecule has 4 heteroatoms. The lowest BCUT2D eigenvalue weighted by atomic mass is 9.92. The number of hydrogen-bond donors (Lipinski definition) is 3. The Hall–Kier alpha value is -0.610. The molecular formula is C16H33NO3. The van der Waals surface area contributed by atoms with E-state index in [2.05, 4.69) is 33.0 Å². The maximum Gasteiger partial charge on any atom is 0.303 e. The molecule has 0 aromatic carbocycles. The van der Waals surface area contributed by atoms with E-state index in [0.29, 0.717) is 12.5 Å². The second-order valence-electron chi connectivity index (χ2n) is 6.28. The molecule has 0 bridgehead atoms. The van der Waals surface area contributed by atoms with Crippen LogP contribution in [0.3, 0.4) is 0 Å². The summed E-state index contributed by atoms with van der Waals surface area (Å²) in [5.74, 6) is 0.0755. The summed E-state index contributed by atoms with van der Waals surface area (Å²) in [6.45, 7) is 9.03. The predicted octanol–water partition coefficient (Wildman–Crippen LogP) is 3.25. The van der Waals surface area contributed by atoms with Crippen LogP contribution >= 0.6 is 0 Å². The lowest BCUT2D eigenvalue weighted by Gasteiger charge is -2.26. The molecular weight excluding hydrogens is 254 g/mol. The summed E-state index contributed by atoms with van der Waals surface area (Å²) in [4.78, 5) is 10.9. The van der Waals surface area contributed by atoms with Crippen molar-refractivity contribution >= 4 is 5.97 Å². The van der Waals surface area contributed by atoms with Crippen LogP contribution in [-0.4, -0.2) is 29.0 Å². The van der Waals surface area contributed by atoms with Gasteiger partial charge in [0, 0.05) is 13.0 Å². The second-order valence-corrected chi connectivity index (χ2v) is 6.28. The van der Waals surface area contributed by atoms with Crippen LogP contribution in [0.2, 0.25) is 0 Å². The average molecular weight is 287 g/mol. The van der Waals surface area contributed by atoms with E-state index in [1.807, 2.05) is 0 Å². The van der Waals surface area contributed by atoms with Gasteiger partial charge in [0.05, 0.1) is 0 Å². The minimum Gasteiger partial charge on any atom is -0.481 e. The fourth-order valence-electron chi connectivity index (χ4n) is 2.81. The highest BCUT2D eigenvalue weighted by molar-refractivity contribution is 5.67. The van der Waals surface area contributed by atoms with Gasteiger partial charge in [0.1, 0.15) is 6.23 Å². The summed E-state index contributed by atoms with van der Waals surface area (Å²) in [6, 6.07) is 0. The van der Waals surface area contributed by atoms with Crippen LogP contribution in [0.1, 0.15) is 66.2 Å². The number of carbonyl (C=O) groups is 1. The van der Waals surface area contributed by atoms with Crippen molar-refractivity contribution in [2.24, 2.45) is 17.8 Å². The Balaban J connectivity index is 4.31. The Bertz CT molecular complexity index is 250. The van der Waals surface area contributed by atoms with Gasteiger partial charge in [-0.2, -0.15) is 0 Å². The molecule has 0 aliphatic carbocycles. The maximum atomic E-state index is 10.9. The lowest BCUT2D eigenvalue weighted by Crippen LogP contribution is -2.39. The average Bonchev–Trinajstić information content (AvgIpc) is 2.34. The summed E-state index contributed by atoms with van der Waals surface area (Å²) in [6.07, 6.45) is 4.67. The Morgan fingerprint density at radius 2 is 1.70 bits per heavy atom. The highest BCUT2D eigenvalue weighted by Gasteiger charge is 2.20. The first-order chi connectivity index (χ1) is 9.40. The number of aliphatic hydroxyl groups excluding tert-OH is 1. The first-order valence-electron chi connectivity index (χ1n) is 8.03. The van der Waals surface area contributed by atoms with Gasteiger partial charge in [-0.1, -0.05) is 40.5 Å². The van der Waals surface area contributed by atoms with E-state index in [-0.39, 0.29) is 18.3 Å². The molecule has 2 atom stereocenters. The number of nitrogens with one attached hydrogen (secondary N) is 1. The van der Waals surface area contributed by atoms with Crippen molar-refractivity contribution in [2.45, 2.75) is 72.4 Å². The molecule has 3 N–H and O–H groups in total. The third-order valence-corrected chi connectivity index (χ3v) is 3.65. The van der Waals surface area contributed by atoms with Crippen molar-refractivity contribution in [3.63, 3.8) is 0 Å². The monoisotopic (exact) mass is 287 g/mol. The van der Waals surface area contributed by atoms with Crippen molar-refractivity contribution in [3.8, 4) is 0 Å². The van der Waals surface area contributed by atoms with Crippen molar-refractivity contribution < 1.29 is 15.0 Å². The molecule has 20 heavy (non-hydrogen) atoms. The molecule has 0 aliphatic rings. The van der Waals surface area contributed by atoms with Crippen molar-refractivity contribution in [3.05, 3.63) is 0 Å². The Morgan fingerprint density at radius 1 is 1.15 bits per heavy atom. The number of aliphatic hydroxyl groups is 1. The number of carboxylic acid groups (broad SMARTS) is 1. The smallest absolute Gasteiger partial charge is 0.303 e. The van der Waals surface area contributed by atoms with Crippen LogP contribution in [-0.2, 0) is 4.79 Å². The molecule has 0 rings (SSSR count). The van der Waals surface area contributed by atoms with Crippen LogP contribution in [0.4, 0.5) is 0 Å². The van der Waals surface area contributed by atoms with E-state index >= 15 is 0 Å². The third-order valence-electron chi connectivity index (χ3n) is 3.65. The molecule has 0 spiro atoms. The van der Waals surface area contributed by atoms with Crippen LogP contribution < -0.4 is 5.32 Å². The third kappa shape index (κ3) is 9.32. The molecule has 4 nitrogen and oxygen atoms in total. The summed E-state index contributed by atoms with van der Waals surface area (Å²) in [5, 5.41) is 22.3. The normalized spacial score (nSPS) is 14.8. The Labute approximate surface area is 124 Å². The molecule has 1 unspecified atom stereocenters. The van der Waals surface area contributed by atoms with E-state index in [1.165, 1.54) is 0 Å². The van der Waals surface area contributed by atoms with Gasteiger partial charge in [0.25, 0.3) is 0 Å². The molecule has 0 amide bonds. The van der Waals surface area contributed by atoms with Gasteiger partial charge in [-0.05, 0) is 37.0 Å². The lowest BCUT2D eigenvalue weighted by molar-refractivity contribution is -0.138. The van der Waals surface area contributed by atoms with Gasteiger partial charge in [-0.3, -0.25) is 10.1 Å². The quantitative estimate of drug-likeness (QED) is 0.482. The number of hydrogen-bond acceptors (Lipinski definition) is 3. The number of carboxylic acids is 1. The zero-order chi connectivity index (χ0) is 15.5. The van der Waals surface area contributed by atoms with Crippen LogP contribution in [0.25, 0.3) is 0 Å². The largest absolute Gasteiger partial charge is 0.481 e. The summed E-state index contributed by atoms with van der Waals surface area (Å²) in [7, 11) is 0. The minimum atomic E-state index is -0.759. The SMILES string of the molecule is CCCC(CCC)C(O)NC[C@H](CC(=O)O)CC(C)C. The van der Waals surface area contributed by atoms with Crippen LogP contribution in [0.5, 0.6) is 0 Å². The highest BCUT2D eigenvalue weighted by Crippen LogP contribution is 2.19. The maximum absolute atomic E-state index is 10.9. The molecule has 0 aromatic rings. The van der Waals surface area contributed by atoms with Gasteiger partial charge < -0.3 is 10.2 Å². The molecule has 0 saturated carbocycles. The van der Waals surface area contributed by atoms with Crippen LogP contribution in [0, 0.1) is 17.8 Å². The van der Waals surface area contributed by atoms with Crippen molar-refractivity contribution in [2.75, 3.05) is 6.54 Å². The van der Waals surface area contributed by atoms with Gasteiger partial charge in [0.15, 0.2) is 0 Å². The first-order valence-corrected chi connectivity index (χ1v) is 8.03. The van der Waals surface area contributed by atoms with E-state index in [4.69, 9.17) is 5.11 Å². The summed E-state index contributed by atoms with van der Waals surface area (Å²) < 4.78 is 0. The van der Waals surface area contributed by atoms with E-state index < -0.39 is 12.2 Å². The topological polar surface area (TPSA) is 69.6 Å². The van der Waals surface area contributed by atoms with E-state index in [0.717, 1.165) is 32.1 Å². The van der Waals surface area contributed by atoms with Crippen molar-refractivity contribution in [1.82, 2.24) is 5.32 Å². The zero-order valence-electron chi connectivity index (χ0n) is 13.6. The Morgan fingerprint density at radius 3 is 2.10 bits per heavy atom. The zero-order valence-corrected chi connectivity index (χ0v) is 13.6. The fraction of sp³-hybridized carbons (Fsp3) is 0.938. The van der Waals surface area contributed by atoms with Crippen LogP contribution in [0.15, 0.2) is 0 Å². The second kappa shape index (κ2) is 11.1. The molecule has 120 valence electrons. The molecule has 0 radical (unpaired) electrons. The standard InChI is InChI=1S/C16H33NO3/c1-5-7-14(8-6-2)16(20)17-11-13(9-12(3)4)10-15(18)19/h12-14,16-17,20H,5-11H2,1-4H3,(H,18,19)/t13-,16?/m0/s1. The summed E-state index contributed by atoms with van der Waals surface area (Å²) in [5.41, 5.74) is 0. The molecule has 0 heterocycles. The molecule has 0 fully saturated rings. The van der Waals surface area contributed by atoms with E-state index in [1.54, 1.807) is 0 Å². The Kier molecular flexibility index (Phi) is 10.8. The molecule has 0 saturated heterocycles. The van der Waals surface area contributed by atoms with Crippen molar-refractivity contribution in [1.29, 1.82) is 0 Å². The molecule has 0 aromatic heterocycles. The first kappa shape index (κ1) is 19.4. The number of rotatable bonds is 12. The molecule has 0 aliphatic heterocycles. The van der Waals surface area contributed by atoms with Gasteiger partial charge in [0.2, 0.25) is 0 Å². The van der Waals surface area contributed by atoms with Gasteiger partial charge >= 0.3 is 5.97 Å². The summed E-state index contributed by atoms with van der Waals surface area (Å²) >= 11 is 0. The number of aliphatic carboxylic acids is 1. The minimum absolute atomic E-state index is 0.0889. The van der Waals surface area contributed by atoms with E-state index in [9.17, 15) is 9.90 Å². The fourth-order valence-corrected chi connectivity index (χ4v) is 2.81. The predicted molar refractivity (Wildman–Crippen MR) is 82.5 cm³/mol. The van der Waals surface area contributed by atoms with Gasteiger partial charge in [-0.25, -0.2) is 0 Å². The van der Waals surface area contributed by atoms with Gasteiger partial charge in [-0.15, -0.1) is 0 Å². The highest BCUT2D eigenvalue weighted by atomic mass is 16.4.